The minimum absolute atomic E-state index is 0.0744. The molecule has 2 aromatic rings. The third kappa shape index (κ3) is 3.60. The number of thiophene rings is 1. The molecule has 0 spiro atoms. The van der Waals surface area contributed by atoms with Gasteiger partial charge in [0, 0.05) is 7.05 Å². The van der Waals surface area contributed by atoms with Crippen LogP contribution in [0.25, 0.3) is 0 Å². The van der Waals surface area contributed by atoms with Crippen molar-refractivity contribution in [3.63, 3.8) is 0 Å². The van der Waals surface area contributed by atoms with Crippen LogP contribution in [-0.2, 0) is 14.8 Å². The van der Waals surface area contributed by atoms with Gasteiger partial charge in [0.15, 0.2) is 0 Å². The molecule has 1 heterocycles. The second-order valence-electron chi connectivity index (χ2n) is 4.26. The highest BCUT2D eigenvalue weighted by atomic mass is 32.2. The van der Waals surface area contributed by atoms with Crippen molar-refractivity contribution in [1.82, 2.24) is 4.31 Å². The quantitative estimate of drug-likeness (QED) is 0.819. The number of para-hydroxylation sites is 2. The Balaban J connectivity index is 2.05. The molecule has 0 saturated heterocycles. The van der Waals surface area contributed by atoms with Crippen molar-refractivity contribution in [2.75, 3.05) is 18.9 Å². The van der Waals surface area contributed by atoms with Crippen LogP contribution < -0.4 is 5.32 Å². The summed E-state index contributed by atoms with van der Waals surface area (Å²) in [5.41, 5.74) is 0.240. The maximum atomic E-state index is 12.2. The van der Waals surface area contributed by atoms with E-state index in [1.165, 1.54) is 25.2 Å². The Kier molecular flexibility index (Phi) is 4.61. The van der Waals surface area contributed by atoms with Gasteiger partial charge in [-0.15, -0.1) is 11.3 Å². The number of phenols is 1. The van der Waals surface area contributed by atoms with Gasteiger partial charge in [-0.05, 0) is 23.6 Å². The minimum Gasteiger partial charge on any atom is -0.506 e. The first-order chi connectivity index (χ1) is 9.91. The summed E-state index contributed by atoms with van der Waals surface area (Å²) >= 11 is 1.09. The van der Waals surface area contributed by atoms with Gasteiger partial charge in [0.1, 0.15) is 9.96 Å². The largest absolute Gasteiger partial charge is 0.506 e. The van der Waals surface area contributed by atoms with E-state index in [9.17, 15) is 18.3 Å². The van der Waals surface area contributed by atoms with Gasteiger partial charge in [-0.3, -0.25) is 4.79 Å². The molecule has 0 aliphatic heterocycles. The van der Waals surface area contributed by atoms with Crippen molar-refractivity contribution < 1.29 is 18.3 Å². The Bertz CT molecular complexity index is 726. The molecule has 2 rings (SSSR count). The number of sulfonamides is 1. The van der Waals surface area contributed by atoms with Crippen LogP contribution in [0, 0.1) is 0 Å². The number of hydrogen-bond acceptors (Lipinski definition) is 5. The zero-order chi connectivity index (χ0) is 15.5. The van der Waals surface area contributed by atoms with Gasteiger partial charge in [0.2, 0.25) is 5.91 Å². The van der Waals surface area contributed by atoms with Gasteiger partial charge >= 0.3 is 0 Å². The zero-order valence-corrected chi connectivity index (χ0v) is 12.8. The molecule has 2 N–H and O–H groups in total. The van der Waals surface area contributed by atoms with Gasteiger partial charge < -0.3 is 10.4 Å². The fourth-order valence-corrected chi connectivity index (χ4v) is 3.95. The molecule has 0 saturated carbocycles. The lowest BCUT2D eigenvalue weighted by Gasteiger charge is -2.16. The number of carbonyl (C=O) groups excluding carboxylic acids is 1. The summed E-state index contributed by atoms with van der Waals surface area (Å²) in [4.78, 5) is 11.9. The molecule has 0 atom stereocenters. The average Bonchev–Trinajstić information content (AvgIpc) is 2.96. The number of aromatic hydroxyl groups is 1. The Hall–Kier alpha value is -1.90. The molecule has 0 radical (unpaired) electrons. The number of hydrogen-bond donors (Lipinski definition) is 2. The van der Waals surface area contributed by atoms with Crippen LogP contribution in [0.4, 0.5) is 5.69 Å². The van der Waals surface area contributed by atoms with Crippen LogP contribution in [0.1, 0.15) is 0 Å². The topological polar surface area (TPSA) is 86.7 Å². The highest BCUT2D eigenvalue weighted by Gasteiger charge is 2.23. The molecule has 8 heteroatoms. The lowest BCUT2D eigenvalue weighted by molar-refractivity contribution is -0.116. The van der Waals surface area contributed by atoms with Crippen LogP contribution in [0.15, 0.2) is 46.0 Å². The first-order valence-electron chi connectivity index (χ1n) is 5.99. The van der Waals surface area contributed by atoms with Crippen molar-refractivity contribution in [1.29, 1.82) is 0 Å². The van der Waals surface area contributed by atoms with Gasteiger partial charge in [0.05, 0.1) is 12.2 Å². The maximum Gasteiger partial charge on any atom is 0.252 e. The third-order valence-electron chi connectivity index (χ3n) is 2.70. The second kappa shape index (κ2) is 6.25. The molecule has 0 fully saturated rings. The summed E-state index contributed by atoms with van der Waals surface area (Å²) in [7, 11) is -2.33. The summed E-state index contributed by atoms with van der Waals surface area (Å²) in [6.07, 6.45) is 0. The normalized spacial score (nSPS) is 11.5. The van der Waals surface area contributed by atoms with Crippen LogP contribution in [0.3, 0.4) is 0 Å². The predicted octanol–water partition coefficient (Wildman–Crippen LogP) is 1.71. The van der Waals surface area contributed by atoms with Crippen molar-refractivity contribution in [3.8, 4) is 5.75 Å². The Morgan fingerprint density at radius 1 is 1.29 bits per heavy atom. The van der Waals surface area contributed by atoms with E-state index in [0.717, 1.165) is 15.6 Å². The Labute approximate surface area is 126 Å². The molecule has 112 valence electrons. The summed E-state index contributed by atoms with van der Waals surface area (Å²) in [6, 6.07) is 9.35. The first kappa shape index (κ1) is 15.5. The van der Waals surface area contributed by atoms with Gasteiger partial charge in [-0.2, -0.15) is 4.31 Å². The van der Waals surface area contributed by atoms with Crippen LogP contribution in [-0.4, -0.2) is 37.3 Å². The maximum absolute atomic E-state index is 12.2. The molecule has 1 amide bonds. The van der Waals surface area contributed by atoms with E-state index in [1.807, 2.05) is 0 Å². The van der Waals surface area contributed by atoms with E-state index in [0.29, 0.717) is 0 Å². The van der Waals surface area contributed by atoms with Crippen molar-refractivity contribution in [2.45, 2.75) is 4.21 Å². The molecule has 21 heavy (non-hydrogen) atoms. The Morgan fingerprint density at radius 2 is 2.00 bits per heavy atom. The van der Waals surface area contributed by atoms with Crippen molar-refractivity contribution >= 4 is 33.0 Å². The van der Waals surface area contributed by atoms with E-state index in [2.05, 4.69) is 5.32 Å². The molecule has 0 bridgehead atoms. The molecule has 1 aromatic carbocycles. The van der Waals surface area contributed by atoms with E-state index >= 15 is 0 Å². The summed E-state index contributed by atoms with van der Waals surface area (Å²) in [6.45, 7) is -0.339. The van der Waals surface area contributed by atoms with Gasteiger partial charge in [-0.25, -0.2) is 8.42 Å². The van der Waals surface area contributed by atoms with Crippen molar-refractivity contribution in [3.05, 3.63) is 41.8 Å². The van der Waals surface area contributed by atoms with Crippen LogP contribution in [0.2, 0.25) is 0 Å². The number of phenolic OH excluding ortho intramolecular Hbond substituents is 1. The molecular formula is C13H14N2O4S2. The number of likely N-dealkylation sites (N-methyl/N-ethyl adjacent to an activating group) is 1. The number of carbonyl (C=O) groups is 1. The molecular weight excluding hydrogens is 312 g/mol. The smallest absolute Gasteiger partial charge is 0.252 e. The monoisotopic (exact) mass is 326 g/mol. The fourth-order valence-electron chi connectivity index (χ4n) is 1.62. The van der Waals surface area contributed by atoms with E-state index in [4.69, 9.17) is 0 Å². The zero-order valence-electron chi connectivity index (χ0n) is 11.2. The lowest BCUT2D eigenvalue weighted by Crippen LogP contribution is -2.34. The number of benzene rings is 1. The first-order valence-corrected chi connectivity index (χ1v) is 8.31. The van der Waals surface area contributed by atoms with Crippen LogP contribution in [0.5, 0.6) is 5.75 Å². The second-order valence-corrected chi connectivity index (χ2v) is 7.48. The number of anilines is 1. The average molecular weight is 326 g/mol. The minimum atomic E-state index is -3.66. The lowest BCUT2D eigenvalue weighted by atomic mass is 10.3. The molecule has 0 unspecified atom stereocenters. The van der Waals surface area contributed by atoms with Crippen LogP contribution >= 0.6 is 11.3 Å². The number of rotatable bonds is 5. The third-order valence-corrected chi connectivity index (χ3v) is 5.88. The van der Waals surface area contributed by atoms with Gasteiger partial charge in [0.25, 0.3) is 10.0 Å². The summed E-state index contributed by atoms with van der Waals surface area (Å²) < 4.78 is 25.5. The molecule has 0 aliphatic carbocycles. The molecule has 6 nitrogen and oxygen atoms in total. The SMILES string of the molecule is CN(CC(=O)Nc1ccccc1O)S(=O)(=O)c1cccs1. The standard InChI is InChI=1S/C13H14N2O4S2/c1-15(21(18,19)13-7-4-8-20-13)9-12(17)14-10-5-2-3-6-11(10)16/h2-8,16H,9H2,1H3,(H,14,17). The number of amides is 1. The van der Waals surface area contributed by atoms with Gasteiger partial charge in [-0.1, -0.05) is 18.2 Å². The Morgan fingerprint density at radius 3 is 2.62 bits per heavy atom. The predicted molar refractivity (Wildman–Crippen MR) is 80.9 cm³/mol. The number of nitrogens with one attached hydrogen (secondary N) is 1. The van der Waals surface area contributed by atoms with E-state index in [-0.39, 0.29) is 22.2 Å². The summed E-state index contributed by atoms with van der Waals surface area (Å²) in [5.74, 6) is -0.603. The fraction of sp³-hybridized carbons (Fsp3) is 0.154. The molecule has 0 aliphatic rings. The van der Waals surface area contributed by atoms with Crippen molar-refractivity contribution in [2.24, 2.45) is 0 Å². The molecule has 1 aromatic heterocycles. The number of nitrogens with zero attached hydrogens (tertiary/aromatic N) is 1. The highest BCUT2D eigenvalue weighted by Crippen LogP contribution is 2.22. The highest BCUT2D eigenvalue weighted by molar-refractivity contribution is 7.91. The van der Waals surface area contributed by atoms with E-state index < -0.39 is 15.9 Å². The summed E-state index contributed by atoms with van der Waals surface area (Å²) in [5, 5.41) is 13.7. The van der Waals surface area contributed by atoms with E-state index in [1.54, 1.807) is 23.6 Å².